The maximum Gasteiger partial charge on any atom is 0.592 e. The third-order valence-electron chi connectivity index (χ3n) is 6.57. The summed E-state index contributed by atoms with van der Waals surface area (Å²) in [5.41, 5.74) is 3.44. The van der Waals surface area contributed by atoms with Gasteiger partial charge in [-0.2, -0.15) is 0 Å². The predicted octanol–water partition coefficient (Wildman–Crippen LogP) is 2.06. The van der Waals surface area contributed by atoms with Crippen molar-refractivity contribution in [2.24, 2.45) is 11.8 Å². The third kappa shape index (κ3) is 3.23. The summed E-state index contributed by atoms with van der Waals surface area (Å²) < 4.78 is 6.38. The molecule has 0 unspecified atom stereocenters. The number of hydrogen-bond donors (Lipinski definition) is 2. The van der Waals surface area contributed by atoms with Crippen LogP contribution < -0.4 is 0 Å². The number of piperidine rings is 1. The lowest BCUT2D eigenvalue weighted by Gasteiger charge is -2.47. The minimum atomic E-state index is -1.68. The van der Waals surface area contributed by atoms with Gasteiger partial charge >= 0.3 is 13.2 Å². The van der Waals surface area contributed by atoms with Crippen molar-refractivity contribution in [3.63, 3.8) is 0 Å². The Morgan fingerprint density at radius 2 is 1.84 bits per heavy atom. The van der Waals surface area contributed by atoms with Crippen LogP contribution in [-0.4, -0.2) is 51.7 Å². The van der Waals surface area contributed by atoms with E-state index in [0.29, 0.717) is 18.5 Å². The van der Waals surface area contributed by atoms with Gasteiger partial charge in [0.15, 0.2) is 0 Å². The summed E-state index contributed by atoms with van der Waals surface area (Å²) in [5.74, 6) is -1.61. The van der Waals surface area contributed by atoms with Crippen LogP contribution in [0.15, 0.2) is 66.9 Å². The summed E-state index contributed by atoms with van der Waals surface area (Å²) in [6, 6.07) is 16.9. The van der Waals surface area contributed by atoms with Crippen molar-refractivity contribution in [2.75, 3.05) is 7.11 Å². The van der Waals surface area contributed by atoms with Crippen molar-refractivity contribution < 1.29 is 24.4 Å². The molecule has 32 heavy (non-hydrogen) atoms. The number of carbonyl (C=O) groups is 2. The minimum Gasteiger partial charge on any atom is -0.469 e. The molecule has 0 spiro atoms. The van der Waals surface area contributed by atoms with Gasteiger partial charge < -0.3 is 24.2 Å². The molecule has 3 aliphatic rings. The Morgan fingerprint density at radius 3 is 2.56 bits per heavy atom. The zero-order chi connectivity index (χ0) is 22.4. The Labute approximate surface area is 185 Å². The number of aromatic nitrogens is 1. The molecule has 0 radical (unpaired) electrons. The van der Waals surface area contributed by atoms with Crippen LogP contribution in [0.1, 0.15) is 17.5 Å². The van der Waals surface area contributed by atoms with E-state index in [0.717, 1.165) is 22.1 Å². The molecule has 0 saturated carbocycles. The van der Waals surface area contributed by atoms with Crippen molar-refractivity contribution in [3.05, 3.63) is 78.0 Å². The van der Waals surface area contributed by atoms with Gasteiger partial charge in [0.2, 0.25) is 5.91 Å². The lowest BCUT2D eigenvalue weighted by atomic mass is 9.71. The zero-order valence-electron chi connectivity index (χ0n) is 17.6. The summed E-state index contributed by atoms with van der Waals surface area (Å²) in [7, 11) is -0.336. The number of ether oxygens (including phenoxy) is 1. The number of nitrogens with zero attached hydrogens (tertiary/aromatic N) is 2. The van der Waals surface area contributed by atoms with Gasteiger partial charge in [0.05, 0.1) is 25.0 Å². The van der Waals surface area contributed by atoms with Crippen LogP contribution in [0.2, 0.25) is 0 Å². The van der Waals surface area contributed by atoms with Crippen LogP contribution in [0.5, 0.6) is 0 Å². The Morgan fingerprint density at radius 1 is 1.12 bits per heavy atom. The average molecular weight is 430 g/mol. The fraction of sp³-hybridized carbons (Fsp3) is 0.250. The summed E-state index contributed by atoms with van der Waals surface area (Å²) in [5, 5.41) is 20.6. The van der Waals surface area contributed by atoms with E-state index >= 15 is 0 Å². The molecule has 1 aromatic heterocycles. The van der Waals surface area contributed by atoms with Gasteiger partial charge in [-0.25, -0.2) is 0 Å². The van der Waals surface area contributed by atoms with Crippen LogP contribution in [-0.2, 0) is 20.9 Å². The lowest BCUT2D eigenvalue weighted by molar-refractivity contribution is -0.158. The molecule has 3 heterocycles. The Bertz CT molecular complexity index is 1220. The number of rotatable bonds is 5. The number of benzene rings is 2. The summed E-state index contributed by atoms with van der Waals surface area (Å²) in [6.07, 6.45) is 4.04. The van der Waals surface area contributed by atoms with Crippen LogP contribution in [0.3, 0.4) is 0 Å². The third-order valence-corrected chi connectivity index (χ3v) is 6.57. The molecule has 3 atom stereocenters. The topological polar surface area (TPSA) is 92.0 Å². The maximum absolute atomic E-state index is 13.4. The lowest BCUT2D eigenvalue weighted by Crippen LogP contribution is -2.56. The van der Waals surface area contributed by atoms with E-state index in [1.54, 1.807) is 6.20 Å². The highest BCUT2D eigenvalue weighted by Gasteiger charge is 2.50. The number of esters is 1. The largest absolute Gasteiger partial charge is 0.592 e. The molecule has 1 aliphatic carbocycles. The smallest absolute Gasteiger partial charge is 0.469 e. The zero-order valence-corrected chi connectivity index (χ0v) is 17.6. The van der Waals surface area contributed by atoms with Gasteiger partial charge in [0.25, 0.3) is 0 Å². The highest BCUT2D eigenvalue weighted by atomic mass is 16.5. The molecule has 2 N–H and O–H groups in total. The first-order valence-corrected chi connectivity index (χ1v) is 10.6. The molecule has 162 valence electrons. The van der Waals surface area contributed by atoms with Gasteiger partial charge in [-0.3, -0.25) is 9.59 Å². The van der Waals surface area contributed by atoms with Crippen LogP contribution >= 0.6 is 0 Å². The van der Waals surface area contributed by atoms with E-state index in [2.05, 4.69) is 0 Å². The van der Waals surface area contributed by atoms with E-state index in [1.165, 1.54) is 11.6 Å². The van der Waals surface area contributed by atoms with Crippen LogP contribution in [0, 0.1) is 11.8 Å². The van der Waals surface area contributed by atoms with Gasteiger partial charge in [0.1, 0.15) is 0 Å². The summed E-state index contributed by atoms with van der Waals surface area (Å²) in [6.45, 7) is 0.438. The molecular formula is C24H23BN2O5. The number of para-hydroxylation sites is 1. The highest BCUT2D eigenvalue weighted by molar-refractivity contribution is 6.41. The number of methoxy groups -OCH3 is 1. The summed E-state index contributed by atoms with van der Waals surface area (Å²) in [4.78, 5) is 27.6. The molecule has 2 aliphatic heterocycles. The molecule has 1 saturated heterocycles. The molecule has 3 aromatic rings. The Hall–Kier alpha value is -3.36. The maximum atomic E-state index is 13.4. The first-order valence-electron chi connectivity index (χ1n) is 10.6. The van der Waals surface area contributed by atoms with Gasteiger partial charge in [0, 0.05) is 29.2 Å². The SMILES string of the molecule is COC(=O)[C@@H]1C[C@@H]2C(c3cn(B(O)O)c4ccccc34)=C[C@H]1C(=O)N2Cc1ccccc1. The monoisotopic (exact) mass is 430 g/mol. The summed E-state index contributed by atoms with van der Waals surface area (Å²) >= 11 is 0. The molecule has 1 fully saturated rings. The van der Waals surface area contributed by atoms with Crippen LogP contribution in [0.4, 0.5) is 0 Å². The minimum absolute atomic E-state index is 0.0878. The van der Waals surface area contributed by atoms with Gasteiger partial charge in [-0.05, 0) is 23.6 Å². The molecule has 2 bridgehead atoms. The van der Waals surface area contributed by atoms with E-state index in [4.69, 9.17) is 4.74 Å². The number of amides is 1. The van der Waals surface area contributed by atoms with Crippen molar-refractivity contribution >= 4 is 35.6 Å². The van der Waals surface area contributed by atoms with Crippen molar-refractivity contribution in [1.82, 2.24) is 9.38 Å². The number of hydrogen-bond acceptors (Lipinski definition) is 5. The predicted molar refractivity (Wildman–Crippen MR) is 120 cm³/mol. The molecule has 2 aromatic carbocycles. The van der Waals surface area contributed by atoms with Gasteiger partial charge in [-0.1, -0.05) is 54.6 Å². The molecule has 8 heteroatoms. The van der Waals surface area contributed by atoms with Crippen molar-refractivity contribution in [2.45, 2.75) is 19.0 Å². The first-order chi connectivity index (χ1) is 15.5. The Balaban J connectivity index is 1.63. The molecule has 6 rings (SSSR count). The molecular weight excluding hydrogens is 407 g/mol. The van der Waals surface area contributed by atoms with E-state index in [1.807, 2.05) is 65.6 Å². The number of fused-ring (bicyclic) bond motifs is 3. The van der Waals surface area contributed by atoms with E-state index in [9.17, 15) is 19.6 Å². The van der Waals surface area contributed by atoms with Crippen molar-refractivity contribution in [3.8, 4) is 0 Å². The highest BCUT2D eigenvalue weighted by Crippen LogP contribution is 2.46. The molecule has 7 nitrogen and oxygen atoms in total. The molecule has 1 amide bonds. The second kappa shape index (κ2) is 7.96. The standard InChI is InChI=1S/C24H23BN2O5/c1-32-24(29)19-12-22-17(20-14-27(25(30)31)21-10-6-5-9-16(20)21)11-18(19)23(28)26(22)13-15-7-3-2-4-8-15/h2-11,14,18-19,22,30-31H,12-13H2,1H3/t18-,19-,22-/m1/s1. The quantitative estimate of drug-likeness (QED) is 0.478. The van der Waals surface area contributed by atoms with Crippen molar-refractivity contribution in [1.29, 1.82) is 0 Å². The second-order valence-corrected chi connectivity index (χ2v) is 8.29. The second-order valence-electron chi connectivity index (χ2n) is 8.29. The van der Waals surface area contributed by atoms with Crippen LogP contribution in [0.25, 0.3) is 16.5 Å². The fourth-order valence-corrected chi connectivity index (χ4v) is 5.08. The van der Waals surface area contributed by atoms with Gasteiger partial charge in [-0.15, -0.1) is 0 Å². The average Bonchev–Trinajstić information content (AvgIpc) is 3.21. The van der Waals surface area contributed by atoms with E-state index in [-0.39, 0.29) is 17.9 Å². The Kier molecular flexibility index (Phi) is 5.11. The first kappa shape index (κ1) is 20.5. The number of carbonyl (C=O) groups excluding carboxylic acids is 2. The normalized spacial score (nSPS) is 22.2. The van der Waals surface area contributed by atoms with E-state index < -0.39 is 19.1 Å². The fourth-order valence-electron chi connectivity index (χ4n) is 5.08.